The summed E-state index contributed by atoms with van der Waals surface area (Å²) < 4.78 is 1.23. The maximum absolute atomic E-state index is 12.3. The fraction of sp³-hybridized carbons (Fsp3) is 0.333. The van der Waals surface area contributed by atoms with Gasteiger partial charge in [0.15, 0.2) is 0 Å². The first-order chi connectivity index (χ1) is 9.63. The first-order valence-corrected chi connectivity index (χ1v) is 7.06. The summed E-state index contributed by atoms with van der Waals surface area (Å²) in [6, 6.07) is 9.76. The van der Waals surface area contributed by atoms with E-state index in [-0.39, 0.29) is 10.7 Å². The number of aryl methyl sites for hydroxylation is 1. The van der Waals surface area contributed by atoms with Gasteiger partial charge in [-0.2, -0.15) is 0 Å². The lowest BCUT2D eigenvalue weighted by Gasteiger charge is -2.08. The van der Waals surface area contributed by atoms with E-state index in [4.69, 9.17) is 11.6 Å². The highest BCUT2D eigenvalue weighted by Crippen LogP contribution is 2.08. The number of benzene rings is 1. The number of aromatic amines is 1. The summed E-state index contributed by atoms with van der Waals surface area (Å²) in [4.78, 5) is 26.7. The molecule has 1 aromatic carbocycles. The predicted octanol–water partition coefficient (Wildman–Crippen LogP) is 2.39. The Morgan fingerprint density at radius 3 is 2.50 bits per heavy atom. The van der Waals surface area contributed by atoms with Crippen LogP contribution in [0.5, 0.6) is 0 Å². The molecule has 20 heavy (non-hydrogen) atoms. The number of hydrogen-bond donors (Lipinski definition) is 1. The molecule has 0 unspecified atom stereocenters. The van der Waals surface area contributed by atoms with E-state index in [1.807, 2.05) is 37.3 Å². The topological polar surface area (TPSA) is 54.9 Å². The SMILES string of the molecule is CCCc1c(Cl)[nH]c(=O)n(CCc2ccccc2)c1=O. The Morgan fingerprint density at radius 2 is 1.85 bits per heavy atom. The summed E-state index contributed by atoms with van der Waals surface area (Å²) in [5.41, 5.74) is 0.847. The molecule has 0 amide bonds. The first-order valence-electron chi connectivity index (χ1n) is 6.69. The molecule has 0 atom stereocenters. The Morgan fingerprint density at radius 1 is 1.15 bits per heavy atom. The lowest BCUT2D eigenvalue weighted by Crippen LogP contribution is -2.38. The van der Waals surface area contributed by atoms with Crippen LogP contribution in [0.1, 0.15) is 24.5 Å². The van der Waals surface area contributed by atoms with Crippen LogP contribution in [0.25, 0.3) is 0 Å². The van der Waals surface area contributed by atoms with Gasteiger partial charge in [-0.3, -0.25) is 14.3 Å². The van der Waals surface area contributed by atoms with E-state index in [0.29, 0.717) is 24.9 Å². The maximum atomic E-state index is 12.3. The number of H-pyrrole nitrogens is 1. The molecule has 2 aromatic rings. The Hall–Kier alpha value is -1.81. The molecule has 4 nitrogen and oxygen atoms in total. The van der Waals surface area contributed by atoms with Crippen molar-refractivity contribution in [2.45, 2.75) is 32.7 Å². The van der Waals surface area contributed by atoms with Gasteiger partial charge in [-0.15, -0.1) is 0 Å². The van der Waals surface area contributed by atoms with Crippen molar-refractivity contribution in [1.29, 1.82) is 0 Å². The third kappa shape index (κ3) is 3.20. The summed E-state index contributed by atoms with van der Waals surface area (Å²) in [7, 11) is 0. The molecule has 1 heterocycles. The van der Waals surface area contributed by atoms with Gasteiger partial charge in [0.2, 0.25) is 0 Å². The molecule has 0 spiro atoms. The van der Waals surface area contributed by atoms with Crippen molar-refractivity contribution in [3.8, 4) is 0 Å². The third-order valence-corrected chi connectivity index (χ3v) is 3.52. The van der Waals surface area contributed by atoms with Crippen LogP contribution in [-0.2, 0) is 19.4 Å². The monoisotopic (exact) mass is 292 g/mol. The molecule has 1 aromatic heterocycles. The second-order valence-corrected chi connectivity index (χ2v) is 5.04. The summed E-state index contributed by atoms with van der Waals surface area (Å²) in [5.74, 6) is 0. The number of nitrogens with one attached hydrogen (secondary N) is 1. The quantitative estimate of drug-likeness (QED) is 0.860. The van der Waals surface area contributed by atoms with Crippen LogP contribution in [-0.4, -0.2) is 9.55 Å². The molecule has 0 aliphatic rings. The highest BCUT2D eigenvalue weighted by Gasteiger charge is 2.11. The fourth-order valence-electron chi connectivity index (χ4n) is 2.14. The lowest BCUT2D eigenvalue weighted by atomic mass is 10.1. The van der Waals surface area contributed by atoms with Crippen LogP contribution in [0.15, 0.2) is 39.9 Å². The molecule has 0 aliphatic carbocycles. The van der Waals surface area contributed by atoms with Crippen molar-refractivity contribution < 1.29 is 0 Å². The van der Waals surface area contributed by atoms with E-state index in [9.17, 15) is 9.59 Å². The summed E-state index contributed by atoms with van der Waals surface area (Å²) >= 11 is 5.93. The third-order valence-electron chi connectivity index (χ3n) is 3.20. The number of nitrogens with zero attached hydrogens (tertiary/aromatic N) is 1. The van der Waals surface area contributed by atoms with E-state index in [1.165, 1.54) is 4.57 Å². The molecule has 106 valence electrons. The van der Waals surface area contributed by atoms with E-state index in [1.54, 1.807) is 0 Å². The second kappa shape index (κ2) is 6.57. The minimum absolute atomic E-state index is 0.165. The van der Waals surface area contributed by atoms with Gasteiger partial charge in [-0.25, -0.2) is 4.79 Å². The van der Waals surface area contributed by atoms with Crippen LogP contribution in [0.2, 0.25) is 5.15 Å². The molecular formula is C15H17ClN2O2. The van der Waals surface area contributed by atoms with E-state index < -0.39 is 5.69 Å². The molecule has 0 saturated heterocycles. The molecule has 0 radical (unpaired) electrons. The van der Waals surface area contributed by atoms with Crippen LogP contribution >= 0.6 is 11.6 Å². The van der Waals surface area contributed by atoms with Crippen LogP contribution in [0.4, 0.5) is 0 Å². The molecule has 0 aliphatic heterocycles. The Balaban J connectivity index is 2.30. The zero-order valence-corrected chi connectivity index (χ0v) is 12.1. The molecule has 5 heteroatoms. The number of halogens is 1. The number of aromatic nitrogens is 2. The van der Waals surface area contributed by atoms with Gasteiger partial charge in [0.05, 0.1) is 5.56 Å². The highest BCUT2D eigenvalue weighted by molar-refractivity contribution is 6.30. The zero-order valence-electron chi connectivity index (χ0n) is 11.4. The molecular weight excluding hydrogens is 276 g/mol. The zero-order chi connectivity index (χ0) is 14.5. The van der Waals surface area contributed by atoms with Crippen molar-refractivity contribution in [3.63, 3.8) is 0 Å². The largest absolute Gasteiger partial charge is 0.329 e. The molecule has 0 saturated carbocycles. The Bertz CT molecular complexity index is 689. The second-order valence-electron chi connectivity index (χ2n) is 4.67. The molecule has 2 rings (SSSR count). The van der Waals surface area contributed by atoms with Gasteiger partial charge in [0, 0.05) is 6.54 Å². The number of hydrogen-bond acceptors (Lipinski definition) is 2. The van der Waals surface area contributed by atoms with E-state index in [0.717, 1.165) is 12.0 Å². The average molecular weight is 293 g/mol. The molecule has 0 fully saturated rings. The Kier molecular flexibility index (Phi) is 4.79. The van der Waals surface area contributed by atoms with Gasteiger partial charge in [0.25, 0.3) is 5.56 Å². The van der Waals surface area contributed by atoms with Gasteiger partial charge >= 0.3 is 5.69 Å². The summed E-state index contributed by atoms with van der Waals surface area (Å²) in [5, 5.41) is 0.165. The highest BCUT2D eigenvalue weighted by atomic mass is 35.5. The van der Waals surface area contributed by atoms with E-state index in [2.05, 4.69) is 4.98 Å². The summed E-state index contributed by atoms with van der Waals surface area (Å²) in [6.07, 6.45) is 2.01. The standard InChI is InChI=1S/C15H17ClN2O2/c1-2-6-12-13(16)17-15(20)18(14(12)19)10-9-11-7-4-3-5-8-11/h3-5,7-8H,2,6,9-10H2,1H3,(H,17,20). The normalized spacial score (nSPS) is 10.7. The van der Waals surface area contributed by atoms with Crippen molar-refractivity contribution in [2.24, 2.45) is 0 Å². The minimum atomic E-state index is -0.448. The number of rotatable bonds is 5. The van der Waals surface area contributed by atoms with Crippen molar-refractivity contribution in [3.05, 3.63) is 67.4 Å². The van der Waals surface area contributed by atoms with Gasteiger partial charge in [-0.05, 0) is 18.4 Å². The maximum Gasteiger partial charge on any atom is 0.329 e. The average Bonchev–Trinajstić information content (AvgIpc) is 2.44. The van der Waals surface area contributed by atoms with Gasteiger partial charge in [0.1, 0.15) is 5.15 Å². The molecule has 1 N–H and O–H groups in total. The minimum Gasteiger partial charge on any atom is -0.297 e. The van der Waals surface area contributed by atoms with Crippen molar-refractivity contribution in [2.75, 3.05) is 0 Å². The van der Waals surface area contributed by atoms with E-state index >= 15 is 0 Å². The van der Waals surface area contributed by atoms with Crippen LogP contribution < -0.4 is 11.2 Å². The van der Waals surface area contributed by atoms with Crippen LogP contribution in [0.3, 0.4) is 0 Å². The molecule has 0 bridgehead atoms. The lowest BCUT2D eigenvalue weighted by molar-refractivity contribution is 0.617. The van der Waals surface area contributed by atoms with Gasteiger partial charge in [-0.1, -0.05) is 55.3 Å². The smallest absolute Gasteiger partial charge is 0.297 e. The fourth-order valence-corrected chi connectivity index (χ4v) is 2.40. The van der Waals surface area contributed by atoms with Crippen molar-refractivity contribution in [1.82, 2.24) is 9.55 Å². The predicted molar refractivity (Wildman–Crippen MR) is 80.5 cm³/mol. The van der Waals surface area contributed by atoms with Crippen LogP contribution in [0, 0.1) is 0 Å². The summed E-state index contributed by atoms with van der Waals surface area (Å²) in [6.45, 7) is 2.32. The first kappa shape index (κ1) is 14.6. The van der Waals surface area contributed by atoms with Gasteiger partial charge < -0.3 is 0 Å². The Labute approximate surface area is 122 Å². The van der Waals surface area contributed by atoms with Crippen molar-refractivity contribution >= 4 is 11.6 Å².